The van der Waals surface area contributed by atoms with Crippen molar-refractivity contribution in [3.05, 3.63) is 0 Å². The summed E-state index contributed by atoms with van der Waals surface area (Å²) in [5.74, 6) is -0.632. The molecule has 3 fully saturated rings. The van der Waals surface area contributed by atoms with Gasteiger partial charge in [0.15, 0.2) is 18.9 Å². The van der Waals surface area contributed by atoms with Crippen LogP contribution in [0.2, 0.25) is 0 Å². The van der Waals surface area contributed by atoms with Crippen LogP contribution in [0.4, 0.5) is 0 Å². The maximum absolute atomic E-state index is 11.7. The quantitative estimate of drug-likeness (QED) is 0.147. The molecule has 1 amide bonds. The molecule has 0 radical (unpaired) electrons. The molecule has 0 spiro atoms. The van der Waals surface area contributed by atoms with Gasteiger partial charge in [0.25, 0.3) is 0 Å². The predicted molar refractivity (Wildman–Crippen MR) is 111 cm³/mol. The van der Waals surface area contributed by atoms with Gasteiger partial charge in [-0.05, 0) is 6.92 Å². The van der Waals surface area contributed by atoms with Crippen LogP contribution in [0.25, 0.3) is 0 Å². The lowest BCUT2D eigenvalue weighted by atomic mass is 9.95. The van der Waals surface area contributed by atoms with E-state index in [4.69, 9.17) is 23.7 Å². The molecular formula is C20H35NO15. The Hall–Kier alpha value is -1.09. The summed E-state index contributed by atoms with van der Waals surface area (Å²) in [6.07, 6.45) is -22.2. The van der Waals surface area contributed by atoms with Gasteiger partial charge in [-0.3, -0.25) is 4.79 Å². The number of ether oxygens (including phenoxy) is 5. The lowest BCUT2D eigenvalue weighted by Gasteiger charge is -2.48. The second kappa shape index (κ2) is 12.2. The molecule has 3 aliphatic rings. The van der Waals surface area contributed by atoms with Crippen molar-refractivity contribution in [2.24, 2.45) is 0 Å². The summed E-state index contributed by atoms with van der Waals surface area (Å²) in [5.41, 5.74) is 0. The Morgan fingerprint density at radius 1 is 0.722 bits per heavy atom. The third-order valence-corrected chi connectivity index (χ3v) is 6.46. The molecule has 3 heterocycles. The molecule has 210 valence electrons. The largest absolute Gasteiger partial charge is 0.394 e. The average molecular weight is 529 g/mol. The van der Waals surface area contributed by atoms with Gasteiger partial charge in [0.1, 0.15) is 67.1 Å². The zero-order chi connectivity index (χ0) is 26.9. The van der Waals surface area contributed by atoms with Gasteiger partial charge in [0.2, 0.25) is 5.91 Å². The first-order chi connectivity index (χ1) is 16.9. The molecule has 15 atom stereocenters. The molecule has 16 heteroatoms. The Bertz CT molecular complexity index is 731. The number of aliphatic hydroxyl groups is 9. The number of nitrogens with one attached hydrogen (secondary N) is 1. The maximum Gasteiger partial charge on any atom is 0.217 e. The summed E-state index contributed by atoms with van der Waals surface area (Å²) in [6, 6.07) is -1.39. The molecule has 36 heavy (non-hydrogen) atoms. The van der Waals surface area contributed by atoms with Crippen LogP contribution >= 0.6 is 0 Å². The molecule has 0 unspecified atom stereocenters. The van der Waals surface area contributed by atoms with Crippen LogP contribution in [0.1, 0.15) is 13.8 Å². The first-order valence-corrected chi connectivity index (χ1v) is 11.4. The summed E-state index contributed by atoms with van der Waals surface area (Å²) in [6.45, 7) is 1.00. The van der Waals surface area contributed by atoms with Crippen molar-refractivity contribution in [2.45, 2.75) is 106 Å². The van der Waals surface area contributed by atoms with E-state index in [0.717, 1.165) is 6.92 Å². The third kappa shape index (κ3) is 5.97. The van der Waals surface area contributed by atoms with Crippen LogP contribution in [0.3, 0.4) is 0 Å². The molecule has 0 aromatic carbocycles. The minimum atomic E-state index is -1.83. The standard InChI is InChI=1S/C20H35NO15/c1-5-10(25)13(28)15(30)19(32-5)36-17-14(29)11(26)7(3-22)34-20(17)35-16-9(21-6(2)24)18(31)33-8(4-23)12(16)27/h5,7-20,22-23,25-31H,3-4H2,1-2H3,(H,21,24)/t5-,7+,8+,9+,10-,11+,12+,13+,14-,15+,16+,17+,18-,19-,20+/m0/s1. The van der Waals surface area contributed by atoms with Gasteiger partial charge in [0.05, 0.1) is 19.3 Å². The number of hydrogen-bond acceptors (Lipinski definition) is 15. The van der Waals surface area contributed by atoms with E-state index in [-0.39, 0.29) is 0 Å². The molecular weight excluding hydrogens is 494 g/mol. The van der Waals surface area contributed by atoms with E-state index in [0.29, 0.717) is 0 Å². The fourth-order valence-electron chi connectivity index (χ4n) is 4.38. The molecule has 3 aliphatic heterocycles. The number of carbonyl (C=O) groups excluding carboxylic acids is 1. The third-order valence-electron chi connectivity index (χ3n) is 6.46. The molecule has 0 aliphatic carbocycles. The first kappa shape index (κ1) is 29.5. The minimum Gasteiger partial charge on any atom is -0.394 e. The van der Waals surface area contributed by atoms with Gasteiger partial charge in [-0.15, -0.1) is 0 Å². The van der Waals surface area contributed by atoms with Crippen molar-refractivity contribution in [3.8, 4) is 0 Å². The van der Waals surface area contributed by atoms with Crippen LogP contribution in [0, 0.1) is 0 Å². The SMILES string of the molecule is CC(=O)N[C@@H]1[C@@H](O[C@H]2O[C@H](CO)[C@@H](O)[C@H](O)[C@H]2O[C@@H]2O[C@@H](C)[C@H](O)[C@@H](O)[C@H]2O)[C@H](O)[C@@H](CO)O[C@@H]1O. The summed E-state index contributed by atoms with van der Waals surface area (Å²) < 4.78 is 27.4. The fourth-order valence-corrected chi connectivity index (χ4v) is 4.38. The molecule has 16 nitrogen and oxygen atoms in total. The van der Waals surface area contributed by atoms with Crippen LogP contribution < -0.4 is 5.32 Å². The van der Waals surface area contributed by atoms with Crippen molar-refractivity contribution in [1.82, 2.24) is 5.32 Å². The van der Waals surface area contributed by atoms with Crippen molar-refractivity contribution < 1.29 is 74.4 Å². The van der Waals surface area contributed by atoms with Gasteiger partial charge in [-0.1, -0.05) is 0 Å². The monoisotopic (exact) mass is 529 g/mol. The van der Waals surface area contributed by atoms with E-state index in [1.165, 1.54) is 6.92 Å². The highest BCUT2D eigenvalue weighted by Gasteiger charge is 2.53. The van der Waals surface area contributed by atoms with E-state index < -0.39 is 111 Å². The Labute approximate surface area is 205 Å². The van der Waals surface area contributed by atoms with E-state index in [1.54, 1.807) is 0 Å². The minimum absolute atomic E-state index is 0.632. The Balaban J connectivity index is 1.89. The van der Waals surface area contributed by atoms with Crippen LogP contribution in [-0.4, -0.2) is 157 Å². The number of aliphatic hydroxyl groups excluding tert-OH is 9. The van der Waals surface area contributed by atoms with E-state index in [2.05, 4.69) is 5.32 Å². The predicted octanol–water partition coefficient (Wildman–Crippen LogP) is -6.40. The second-order valence-electron chi connectivity index (χ2n) is 9.05. The Kier molecular flexibility index (Phi) is 9.97. The van der Waals surface area contributed by atoms with Crippen molar-refractivity contribution in [1.29, 1.82) is 0 Å². The smallest absolute Gasteiger partial charge is 0.217 e. The number of carbonyl (C=O) groups is 1. The summed E-state index contributed by atoms with van der Waals surface area (Å²) >= 11 is 0. The number of amides is 1. The van der Waals surface area contributed by atoms with Gasteiger partial charge < -0.3 is 75.0 Å². The van der Waals surface area contributed by atoms with Crippen LogP contribution in [-0.2, 0) is 28.5 Å². The van der Waals surface area contributed by atoms with Crippen molar-refractivity contribution in [2.75, 3.05) is 13.2 Å². The highest BCUT2D eigenvalue weighted by molar-refractivity contribution is 5.73. The molecule has 10 N–H and O–H groups in total. The van der Waals surface area contributed by atoms with Gasteiger partial charge >= 0.3 is 0 Å². The maximum atomic E-state index is 11.7. The number of hydrogen-bond donors (Lipinski definition) is 10. The first-order valence-electron chi connectivity index (χ1n) is 11.4. The fraction of sp³-hybridized carbons (Fsp3) is 0.950. The summed E-state index contributed by atoms with van der Waals surface area (Å²) in [7, 11) is 0. The highest BCUT2D eigenvalue weighted by Crippen LogP contribution is 2.32. The molecule has 0 aromatic heterocycles. The highest BCUT2D eigenvalue weighted by atomic mass is 16.8. The van der Waals surface area contributed by atoms with Gasteiger partial charge in [-0.25, -0.2) is 0 Å². The molecule has 0 aromatic rings. The summed E-state index contributed by atoms with van der Waals surface area (Å²) in [4.78, 5) is 11.7. The van der Waals surface area contributed by atoms with Gasteiger partial charge in [-0.2, -0.15) is 0 Å². The molecule has 3 rings (SSSR count). The molecule has 0 bridgehead atoms. The summed E-state index contributed by atoms with van der Waals surface area (Å²) in [5, 5.41) is 93.8. The van der Waals surface area contributed by atoms with Crippen LogP contribution in [0.5, 0.6) is 0 Å². The van der Waals surface area contributed by atoms with Crippen molar-refractivity contribution >= 4 is 5.91 Å². The van der Waals surface area contributed by atoms with E-state index in [1.807, 2.05) is 0 Å². The van der Waals surface area contributed by atoms with E-state index >= 15 is 0 Å². The topological polar surface area (TPSA) is 257 Å². The van der Waals surface area contributed by atoms with E-state index in [9.17, 15) is 50.8 Å². The zero-order valence-corrected chi connectivity index (χ0v) is 19.5. The average Bonchev–Trinajstić information content (AvgIpc) is 2.83. The lowest BCUT2D eigenvalue weighted by molar-refractivity contribution is -0.380. The lowest BCUT2D eigenvalue weighted by Crippen LogP contribution is -2.68. The van der Waals surface area contributed by atoms with Crippen LogP contribution in [0.15, 0.2) is 0 Å². The Morgan fingerprint density at radius 2 is 1.31 bits per heavy atom. The number of rotatable bonds is 7. The molecule has 0 saturated carbocycles. The van der Waals surface area contributed by atoms with Crippen molar-refractivity contribution in [3.63, 3.8) is 0 Å². The Morgan fingerprint density at radius 3 is 1.89 bits per heavy atom. The zero-order valence-electron chi connectivity index (χ0n) is 19.5. The molecule has 3 saturated heterocycles. The van der Waals surface area contributed by atoms with Gasteiger partial charge in [0, 0.05) is 6.92 Å². The normalized spacial score (nSPS) is 50.0. The second-order valence-corrected chi connectivity index (χ2v) is 9.05.